The van der Waals surface area contributed by atoms with E-state index in [0.717, 1.165) is 51.7 Å². The van der Waals surface area contributed by atoms with E-state index in [1.165, 1.54) is 11.1 Å². The van der Waals surface area contributed by atoms with Gasteiger partial charge in [0.25, 0.3) is 5.91 Å². The van der Waals surface area contributed by atoms with E-state index in [2.05, 4.69) is 45.1 Å². The van der Waals surface area contributed by atoms with E-state index < -0.39 is 0 Å². The minimum absolute atomic E-state index is 0.0792. The lowest BCUT2D eigenvalue weighted by atomic mass is 9.84. The highest BCUT2D eigenvalue weighted by molar-refractivity contribution is 5.93. The van der Waals surface area contributed by atoms with Gasteiger partial charge >= 0.3 is 0 Å². The number of carbonyl (C=O) groups excluding carboxylic acids is 1. The van der Waals surface area contributed by atoms with Crippen LogP contribution in [0, 0.1) is 5.92 Å². The normalized spacial score (nSPS) is 17.9. The largest absolute Gasteiger partial charge is 0.508 e. The van der Waals surface area contributed by atoms with Gasteiger partial charge in [0.15, 0.2) is 0 Å². The summed E-state index contributed by atoms with van der Waals surface area (Å²) in [6, 6.07) is 24.2. The summed E-state index contributed by atoms with van der Waals surface area (Å²) in [6.45, 7) is 2.94. The minimum atomic E-state index is 0.0792. The fourth-order valence-electron chi connectivity index (χ4n) is 5.26. The van der Waals surface area contributed by atoms with Crippen molar-refractivity contribution in [3.63, 3.8) is 0 Å². The quantitative estimate of drug-likeness (QED) is 0.524. The molecule has 0 spiro atoms. The first kappa shape index (κ1) is 22.6. The maximum absolute atomic E-state index is 13.7. The fraction of sp³-hybridized carbons (Fsp3) is 0.379. The zero-order valence-electron chi connectivity index (χ0n) is 19.6. The Hall–Kier alpha value is -3.18. The Kier molecular flexibility index (Phi) is 6.91. The number of aromatic hydroxyl groups is 1. The highest BCUT2D eigenvalue weighted by Gasteiger charge is 2.41. The third-order valence-electron chi connectivity index (χ3n) is 7.22. The molecule has 176 valence electrons. The number of phenols is 1. The number of phenolic OH excluding ortho intramolecular Hbond substituents is 1. The number of piperidine rings is 1. The molecule has 0 bridgehead atoms. The number of likely N-dealkylation sites (tertiary alicyclic amines) is 1. The molecule has 2 aliphatic rings. The number of aromatic nitrogens is 1. The van der Waals surface area contributed by atoms with Crippen LogP contribution in [0.15, 0.2) is 79.0 Å². The summed E-state index contributed by atoms with van der Waals surface area (Å²) in [5, 5.41) is 9.56. The average Bonchev–Trinajstić information content (AvgIpc) is 3.72. The smallest absolute Gasteiger partial charge is 0.272 e. The van der Waals surface area contributed by atoms with Crippen LogP contribution in [0.1, 0.15) is 47.3 Å². The molecule has 5 nitrogen and oxygen atoms in total. The summed E-state index contributed by atoms with van der Waals surface area (Å²) in [5.41, 5.74) is 3.07. The van der Waals surface area contributed by atoms with E-state index in [4.69, 9.17) is 0 Å². The molecule has 1 aliphatic heterocycles. The molecule has 0 radical (unpaired) electrons. The molecule has 1 amide bonds. The molecule has 2 heterocycles. The molecule has 1 saturated heterocycles. The summed E-state index contributed by atoms with van der Waals surface area (Å²) >= 11 is 0. The number of rotatable bonds is 8. The van der Waals surface area contributed by atoms with Crippen molar-refractivity contribution in [2.75, 3.05) is 13.1 Å². The molecule has 2 aromatic carbocycles. The van der Waals surface area contributed by atoms with Gasteiger partial charge in [-0.15, -0.1) is 0 Å². The zero-order valence-corrected chi connectivity index (χ0v) is 19.6. The Balaban J connectivity index is 1.33. The van der Waals surface area contributed by atoms with Crippen LogP contribution in [0.25, 0.3) is 0 Å². The predicted octanol–water partition coefficient (Wildman–Crippen LogP) is 4.92. The first-order valence-corrected chi connectivity index (χ1v) is 12.5. The van der Waals surface area contributed by atoms with Crippen LogP contribution in [-0.2, 0) is 13.0 Å². The van der Waals surface area contributed by atoms with Gasteiger partial charge in [-0.3, -0.25) is 14.7 Å². The highest BCUT2D eigenvalue weighted by Crippen LogP contribution is 2.36. The number of hydrogen-bond acceptors (Lipinski definition) is 4. The third kappa shape index (κ3) is 5.48. The zero-order chi connectivity index (χ0) is 23.3. The van der Waals surface area contributed by atoms with Crippen molar-refractivity contribution in [1.82, 2.24) is 14.8 Å². The van der Waals surface area contributed by atoms with Crippen molar-refractivity contribution in [3.8, 4) is 5.75 Å². The predicted molar refractivity (Wildman–Crippen MR) is 133 cm³/mol. The van der Waals surface area contributed by atoms with Crippen LogP contribution in [0.2, 0.25) is 0 Å². The minimum Gasteiger partial charge on any atom is -0.508 e. The monoisotopic (exact) mass is 455 g/mol. The molecular weight excluding hydrogens is 422 g/mol. The Morgan fingerprint density at radius 3 is 2.26 bits per heavy atom. The summed E-state index contributed by atoms with van der Waals surface area (Å²) in [7, 11) is 0. The van der Waals surface area contributed by atoms with Crippen molar-refractivity contribution in [2.45, 2.75) is 50.7 Å². The summed E-state index contributed by atoms with van der Waals surface area (Å²) in [6.07, 6.45) is 6.93. The molecule has 3 aromatic rings. The van der Waals surface area contributed by atoms with E-state index in [0.29, 0.717) is 23.4 Å². The van der Waals surface area contributed by atoms with E-state index in [1.807, 2.05) is 30.3 Å². The van der Waals surface area contributed by atoms with Crippen molar-refractivity contribution >= 4 is 5.91 Å². The van der Waals surface area contributed by atoms with Crippen LogP contribution in [0.5, 0.6) is 5.75 Å². The van der Waals surface area contributed by atoms with Gasteiger partial charge in [0, 0.05) is 24.8 Å². The first-order chi connectivity index (χ1) is 16.7. The van der Waals surface area contributed by atoms with E-state index in [-0.39, 0.29) is 11.9 Å². The van der Waals surface area contributed by atoms with Gasteiger partial charge in [0.05, 0.1) is 0 Å². The van der Waals surface area contributed by atoms with Crippen LogP contribution >= 0.6 is 0 Å². The number of hydrogen-bond donors (Lipinski definition) is 1. The molecule has 1 aliphatic carbocycles. The van der Waals surface area contributed by atoms with Crippen LogP contribution in [-0.4, -0.2) is 51.0 Å². The Morgan fingerprint density at radius 2 is 1.62 bits per heavy atom. The fourth-order valence-corrected chi connectivity index (χ4v) is 5.26. The maximum Gasteiger partial charge on any atom is 0.272 e. The van der Waals surface area contributed by atoms with E-state index in [9.17, 15) is 9.90 Å². The second-order valence-electron chi connectivity index (χ2n) is 9.70. The summed E-state index contributed by atoms with van der Waals surface area (Å²) in [5.74, 6) is 0.851. The number of benzene rings is 2. The standard InChI is InChI=1S/C29H33N3O2/c33-26-13-9-23(10-14-26)21-31-18-15-24(16-19-31)28(20-22-6-2-1-3-7-22)32(25-11-12-25)29(34)27-8-4-5-17-30-27/h1-10,13-14,17,24-25,28,33H,11-12,15-16,18-21H2/t28-/m0/s1. The molecule has 2 fully saturated rings. The van der Waals surface area contributed by atoms with Crippen molar-refractivity contribution in [2.24, 2.45) is 5.92 Å². The van der Waals surface area contributed by atoms with Crippen LogP contribution < -0.4 is 0 Å². The van der Waals surface area contributed by atoms with Crippen molar-refractivity contribution in [3.05, 3.63) is 95.8 Å². The Morgan fingerprint density at radius 1 is 0.912 bits per heavy atom. The van der Waals surface area contributed by atoms with Gasteiger partial charge in [0.2, 0.25) is 0 Å². The number of carbonyl (C=O) groups is 1. The van der Waals surface area contributed by atoms with Gasteiger partial charge in [-0.2, -0.15) is 0 Å². The molecule has 34 heavy (non-hydrogen) atoms. The summed E-state index contributed by atoms with van der Waals surface area (Å²) < 4.78 is 0. The molecular formula is C29H33N3O2. The molecule has 1 N–H and O–H groups in total. The van der Waals surface area contributed by atoms with Crippen molar-refractivity contribution in [1.29, 1.82) is 0 Å². The lowest BCUT2D eigenvalue weighted by Gasteiger charge is -2.42. The Labute approximate surface area is 202 Å². The number of pyridine rings is 1. The Bertz CT molecular complexity index is 1060. The summed E-state index contributed by atoms with van der Waals surface area (Å²) in [4.78, 5) is 22.7. The van der Waals surface area contributed by atoms with Gasteiger partial charge in [-0.05, 0) is 86.5 Å². The van der Waals surface area contributed by atoms with E-state index in [1.54, 1.807) is 18.3 Å². The van der Waals surface area contributed by atoms with Gasteiger partial charge in [-0.1, -0.05) is 48.5 Å². The van der Waals surface area contributed by atoms with Gasteiger partial charge < -0.3 is 10.0 Å². The second-order valence-corrected chi connectivity index (χ2v) is 9.70. The maximum atomic E-state index is 13.7. The van der Waals surface area contributed by atoms with Crippen molar-refractivity contribution < 1.29 is 9.90 Å². The molecule has 1 aromatic heterocycles. The van der Waals surface area contributed by atoms with Crippen LogP contribution in [0.4, 0.5) is 0 Å². The SMILES string of the molecule is O=C(c1ccccn1)N(C1CC1)[C@@H](Cc1ccccc1)C1CCN(Cc2ccc(O)cc2)CC1. The lowest BCUT2D eigenvalue weighted by molar-refractivity contribution is 0.0477. The van der Waals surface area contributed by atoms with Crippen LogP contribution in [0.3, 0.4) is 0 Å². The van der Waals surface area contributed by atoms with E-state index >= 15 is 0 Å². The molecule has 5 rings (SSSR count). The molecule has 0 unspecified atom stereocenters. The molecule has 5 heteroatoms. The number of amides is 1. The molecule has 1 saturated carbocycles. The molecule has 1 atom stereocenters. The first-order valence-electron chi connectivity index (χ1n) is 12.5. The number of nitrogens with zero attached hydrogens (tertiary/aromatic N) is 3. The second kappa shape index (κ2) is 10.4. The lowest BCUT2D eigenvalue weighted by Crippen LogP contribution is -2.50. The van der Waals surface area contributed by atoms with Gasteiger partial charge in [0.1, 0.15) is 11.4 Å². The topological polar surface area (TPSA) is 56.7 Å². The average molecular weight is 456 g/mol. The highest BCUT2D eigenvalue weighted by atomic mass is 16.3. The third-order valence-corrected chi connectivity index (χ3v) is 7.22. The van der Waals surface area contributed by atoms with Gasteiger partial charge in [-0.25, -0.2) is 0 Å².